The molecule has 1 aromatic carbocycles. The zero-order valence-corrected chi connectivity index (χ0v) is 10.0. The smallest absolute Gasteiger partial charge is 0.0907 e. The topological polar surface area (TPSA) is 55.6 Å². The zero-order valence-electron chi connectivity index (χ0n) is 10.0. The Morgan fingerprint density at radius 2 is 1.89 bits per heavy atom. The van der Waals surface area contributed by atoms with Crippen LogP contribution >= 0.6 is 0 Å². The molecule has 0 aliphatic heterocycles. The summed E-state index contributed by atoms with van der Waals surface area (Å²) < 4.78 is 1.86. The van der Waals surface area contributed by atoms with Gasteiger partial charge in [-0.05, 0) is 24.3 Å². The van der Waals surface area contributed by atoms with Gasteiger partial charge in [-0.25, -0.2) is 0 Å². The van der Waals surface area contributed by atoms with Crippen molar-refractivity contribution in [3.8, 4) is 0 Å². The van der Waals surface area contributed by atoms with E-state index in [0.29, 0.717) is 0 Å². The van der Waals surface area contributed by atoms with Crippen LogP contribution in [0.4, 0.5) is 5.69 Å². The number of aryl methyl sites for hydroxylation is 1. The SMILES string of the molecule is Cn1nccc1CNc1ccc2nccnc2c1. The standard InChI is InChI=1S/C13H13N5/c1-18-11(4-5-17-18)9-16-10-2-3-12-13(8-10)15-7-6-14-12/h2-8,16H,9H2,1H3. The van der Waals surface area contributed by atoms with Crippen molar-refractivity contribution < 1.29 is 0 Å². The van der Waals surface area contributed by atoms with Crippen molar-refractivity contribution in [3.63, 3.8) is 0 Å². The molecule has 0 fully saturated rings. The van der Waals surface area contributed by atoms with E-state index in [1.165, 1.54) is 0 Å². The summed E-state index contributed by atoms with van der Waals surface area (Å²) in [5.41, 5.74) is 3.97. The molecule has 3 rings (SSSR count). The average molecular weight is 239 g/mol. The van der Waals surface area contributed by atoms with Gasteiger partial charge >= 0.3 is 0 Å². The van der Waals surface area contributed by atoms with E-state index in [1.54, 1.807) is 18.6 Å². The van der Waals surface area contributed by atoms with Crippen LogP contribution in [0.1, 0.15) is 5.69 Å². The van der Waals surface area contributed by atoms with Gasteiger partial charge in [0.05, 0.1) is 23.3 Å². The Balaban J connectivity index is 1.81. The second kappa shape index (κ2) is 4.44. The molecule has 2 heterocycles. The van der Waals surface area contributed by atoms with Crippen LogP contribution in [0.3, 0.4) is 0 Å². The Hall–Kier alpha value is -2.43. The molecule has 18 heavy (non-hydrogen) atoms. The number of aromatic nitrogens is 4. The maximum atomic E-state index is 4.28. The van der Waals surface area contributed by atoms with Crippen LogP contribution in [0.25, 0.3) is 11.0 Å². The number of nitrogens with one attached hydrogen (secondary N) is 1. The predicted molar refractivity (Wildman–Crippen MR) is 70.1 cm³/mol. The number of hydrogen-bond donors (Lipinski definition) is 1. The van der Waals surface area contributed by atoms with Crippen LogP contribution in [0.5, 0.6) is 0 Å². The molecular formula is C13H13N5. The highest BCUT2D eigenvalue weighted by Gasteiger charge is 2.00. The molecule has 3 aromatic rings. The van der Waals surface area contributed by atoms with E-state index in [2.05, 4.69) is 20.4 Å². The lowest BCUT2D eigenvalue weighted by Crippen LogP contribution is -2.05. The number of anilines is 1. The lowest BCUT2D eigenvalue weighted by Gasteiger charge is -2.07. The molecule has 0 radical (unpaired) electrons. The molecule has 90 valence electrons. The lowest BCUT2D eigenvalue weighted by molar-refractivity contribution is 0.720. The molecule has 0 atom stereocenters. The Morgan fingerprint density at radius 3 is 2.67 bits per heavy atom. The monoisotopic (exact) mass is 239 g/mol. The van der Waals surface area contributed by atoms with Crippen molar-refractivity contribution in [2.75, 3.05) is 5.32 Å². The minimum atomic E-state index is 0.738. The van der Waals surface area contributed by atoms with Crippen molar-refractivity contribution >= 4 is 16.7 Å². The highest BCUT2D eigenvalue weighted by Crippen LogP contribution is 2.15. The van der Waals surface area contributed by atoms with Gasteiger partial charge in [-0.2, -0.15) is 5.10 Å². The maximum absolute atomic E-state index is 4.28. The molecule has 1 N–H and O–H groups in total. The Labute approximate surface area is 104 Å². The normalized spacial score (nSPS) is 10.7. The lowest BCUT2D eigenvalue weighted by atomic mass is 10.2. The largest absolute Gasteiger partial charge is 0.379 e. The molecule has 0 spiro atoms. The van der Waals surface area contributed by atoms with Gasteiger partial charge in [0, 0.05) is 31.3 Å². The predicted octanol–water partition coefficient (Wildman–Crippen LogP) is 1.98. The summed E-state index contributed by atoms with van der Waals surface area (Å²) in [7, 11) is 1.93. The van der Waals surface area contributed by atoms with Crippen molar-refractivity contribution in [2.45, 2.75) is 6.54 Å². The van der Waals surface area contributed by atoms with E-state index < -0.39 is 0 Å². The molecule has 0 aliphatic carbocycles. The summed E-state index contributed by atoms with van der Waals surface area (Å²) in [5, 5.41) is 7.48. The first-order valence-corrected chi connectivity index (χ1v) is 5.74. The van der Waals surface area contributed by atoms with Crippen LogP contribution < -0.4 is 5.32 Å². The summed E-state index contributed by atoms with van der Waals surface area (Å²) in [6, 6.07) is 7.97. The molecule has 0 aliphatic rings. The van der Waals surface area contributed by atoms with Gasteiger partial charge in [-0.1, -0.05) is 0 Å². The first kappa shape index (κ1) is 10.7. The number of hydrogen-bond acceptors (Lipinski definition) is 4. The van der Waals surface area contributed by atoms with Gasteiger partial charge < -0.3 is 5.32 Å². The molecular weight excluding hydrogens is 226 g/mol. The molecule has 2 aromatic heterocycles. The number of nitrogens with zero attached hydrogens (tertiary/aromatic N) is 4. The van der Waals surface area contributed by atoms with E-state index in [0.717, 1.165) is 29.0 Å². The third kappa shape index (κ3) is 2.02. The fourth-order valence-electron chi connectivity index (χ4n) is 1.84. The van der Waals surface area contributed by atoms with E-state index in [-0.39, 0.29) is 0 Å². The Kier molecular flexibility index (Phi) is 2.64. The number of fused-ring (bicyclic) bond motifs is 1. The van der Waals surface area contributed by atoms with Crippen molar-refractivity contribution in [1.29, 1.82) is 0 Å². The minimum absolute atomic E-state index is 0.738. The molecule has 0 amide bonds. The molecule has 5 nitrogen and oxygen atoms in total. The van der Waals surface area contributed by atoms with Crippen molar-refractivity contribution in [3.05, 3.63) is 48.5 Å². The molecule has 0 saturated carbocycles. The zero-order chi connectivity index (χ0) is 12.4. The van der Waals surface area contributed by atoms with Gasteiger partial charge in [0.25, 0.3) is 0 Å². The van der Waals surface area contributed by atoms with E-state index in [1.807, 2.05) is 36.0 Å². The van der Waals surface area contributed by atoms with E-state index in [4.69, 9.17) is 0 Å². The van der Waals surface area contributed by atoms with Crippen LogP contribution in [0.2, 0.25) is 0 Å². The molecule has 0 saturated heterocycles. The van der Waals surface area contributed by atoms with Crippen LogP contribution in [-0.2, 0) is 13.6 Å². The van der Waals surface area contributed by atoms with Crippen LogP contribution in [0, 0.1) is 0 Å². The first-order valence-electron chi connectivity index (χ1n) is 5.74. The van der Waals surface area contributed by atoms with Gasteiger partial charge in [-0.15, -0.1) is 0 Å². The summed E-state index contributed by atoms with van der Waals surface area (Å²) >= 11 is 0. The summed E-state index contributed by atoms with van der Waals surface area (Å²) in [4.78, 5) is 8.53. The van der Waals surface area contributed by atoms with Gasteiger partial charge in [0.15, 0.2) is 0 Å². The fraction of sp³-hybridized carbons (Fsp3) is 0.154. The summed E-state index contributed by atoms with van der Waals surface area (Å²) in [6.45, 7) is 0.738. The molecule has 0 unspecified atom stereocenters. The maximum Gasteiger partial charge on any atom is 0.0907 e. The minimum Gasteiger partial charge on any atom is -0.379 e. The van der Waals surface area contributed by atoms with Crippen LogP contribution in [-0.4, -0.2) is 19.7 Å². The third-order valence-corrected chi connectivity index (χ3v) is 2.87. The summed E-state index contributed by atoms with van der Waals surface area (Å²) in [5.74, 6) is 0. The van der Waals surface area contributed by atoms with Crippen molar-refractivity contribution in [1.82, 2.24) is 19.7 Å². The number of benzene rings is 1. The quantitative estimate of drug-likeness (QED) is 0.759. The second-order valence-electron chi connectivity index (χ2n) is 4.06. The van der Waals surface area contributed by atoms with Crippen LogP contribution in [0.15, 0.2) is 42.9 Å². The Morgan fingerprint density at radius 1 is 1.06 bits per heavy atom. The van der Waals surface area contributed by atoms with Gasteiger partial charge in [0.2, 0.25) is 0 Å². The summed E-state index contributed by atoms with van der Waals surface area (Å²) in [6.07, 6.45) is 5.20. The molecule has 0 bridgehead atoms. The van der Waals surface area contributed by atoms with E-state index in [9.17, 15) is 0 Å². The van der Waals surface area contributed by atoms with E-state index >= 15 is 0 Å². The third-order valence-electron chi connectivity index (χ3n) is 2.87. The second-order valence-corrected chi connectivity index (χ2v) is 4.06. The number of rotatable bonds is 3. The highest BCUT2D eigenvalue weighted by molar-refractivity contribution is 5.78. The average Bonchev–Trinajstić information content (AvgIpc) is 2.82. The fourth-order valence-corrected chi connectivity index (χ4v) is 1.84. The van der Waals surface area contributed by atoms with Gasteiger partial charge in [0.1, 0.15) is 0 Å². The van der Waals surface area contributed by atoms with Gasteiger partial charge in [-0.3, -0.25) is 14.6 Å². The first-order chi connectivity index (χ1) is 8.83. The Bertz CT molecular complexity index is 674. The van der Waals surface area contributed by atoms with Crippen molar-refractivity contribution in [2.24, 2.45) is 7.05 Å². The molecule has 5 heteroatoms. The highest BCUT2D eigenvalue weighted by atomic mass is 15.3.